The fourth-order valence-electron chi connectivity index (χ4n) is 2.78. The van der Waals surface area contributed by atoms with E-state index in [1.54, 1.807) is 0 Å². The van der Waals surface area contributed by atoms with Crippen molar-refractivity contribution in [1.29, 1.82) is 0 Å². The molecule has 0 saturated heterocycles. The van der Waals surface area contributed by atoms with Crippen LogP contribution in [0, 0.1) is 11.3 Å². The van der Waals surface area contributed by atoms with Crippen LogP contribution in [-0.4, -0.2) is 20.6 Å². The molecule has 0 heterocycles. The van der Waals surface area contributed by atoms with Crippen LogP contribution in [0.3, 0.4) is 0 Å². The third-order valence-electron chi connectivity index (χ3n) is 2.96. The fraction of sp³-hybridized carbons (Fsp3) is 0.889. The smallest absolute Gasteiger partial charge is 0.00633 e. The summed E-state index contributed by atoms with van der Waals surface area (Å²) in [4.78, 5) is 0. The molecule has 0 atom stereocenters. The highest BCUT2D eigenvalue weighted by Gasteiger charge is 2.36. The summed E-state index contributed by atoms with van der Waals surface area (Å²) >= 11 is 0. The molecule has 0 aliphatic heterocycles. The Balaban J connectivity index is 5.65. The molecule has 0 nitrogen and oxygen atoms in total. The second-order valence-corrected chi connectivity index (χ2v) is 16.7. The summed E-state index contributed by atoms with van der Waals surface area (Å²) in [6.45, 7) is 28.1. The van der Waals surface area contributed by atoms with Crippen molar-refractivity contribution in [3.63, 3.8) is 0 Å². The van der Waals surface area contributed by atoms with Gasteiger partial charge in [-0.25, -0.2) is 0 Å². The van der Waals surface area contributed by atoms with Gasteiger partial charge in [-0.05, 0) is 36.5 Å². The number of hydrogen-bond acceptors (Lipinski definition) is 0. The summed E-state index contributed by atoms with van der Waals surface area (Å²) in [7, 11) is -0.629. The molecule has 0 aromatic rings. The Morgan fingerprint density at radius 3 is 0.650 bits per heavy atom. The van der Waals surface area contributed by atoms with Gasteiger partial charge in [0.1, 0.15) is 0 Å². The van der Waals surface area contributed by atoms with Gasteiger partial charge >= 0.3 is 0 Å². The maximum atomic E-state index is 3.76. The lowest BCUT2D eigenvalue weighted by Crippen LogP contribution is -2.25. The minimum atomic E-state index is -0.314. The monoisotopic (exact) mass is 314 g/mol. The zero-order valence-corrected chi connectivity index (χ0v) is 17.7. The molecule has 0 spiro atoms. The van der Waals surface area contributed by atoms with E-state index in [9.17, 15) is 0 Å². The molecule has 0 unspecified atom stereocenters. The Labute approximate surface area is 131 Å². The van der Waals surface area contributed by atoms with Crippen LogP contribution in [0.15, 0.2) is 0 Å². The largest absolute Gasteiger partial charge is 0.0709 e. The van der Waals surface area contributed by atoms with Crippen molar-refractivity contribution in [2.75, 3.05) is 0 Å². The quantitative estimate of drug-likeness (QED) is 0.331. The van der Waals surface area contributed by atoms with Gasteiger partial charge in [0.25, 0.3) is 0 Å². The van der Waals surface area contributed by atoms with E-state index in [1.165, 1.54) is 0 Å². The van der Waals surface area contributed by atoms with Crippen molar-refractivity contribution in [2.45, 2.75) is 104 Å². The Bertz CT molecular complexity index is 305. The van der Waals surface area contributed by atoms with Crippen molar-refractivity contribution in [3.05, 3.63) is 0 Å². The number of hydrogen-bond donors (Lipinski definition) is 0. The SMILES string of the molecule is CC(C)(C)P(C#CP(C(C)(C)C)C(C)(C)C)C(C)(C)C. The van der Waals surface area contributed by atoms with Crippen LogP contribution in [-0.2, 0) is 0 Å². The van der Waals surface area contributed by atoms with Crippen molar-refractivity contribution in [2.24, 2.45) is 0 Å². The maximum Gasteiger partial charge on any atom is -0.00633 e. The Morgan fingerprint density at radius 1 is 0.400 bits per heavy atom. The highest BCUT2D eigenvalue weighted by molar-refractivity contribution is 7.69. The van der Waals surface area contributed by atoms with Crippen molar-refractivity contribution >= 4 is 15.8 Å². The van der Waals surface area contributed by atoms with E-state index in [1.807, 2.05) is 0 Å². The highest BCUT2D eigenvalue weighted by Crippen LogP contribution is 2.62. The molecule has 0 fully saturated rings. The van der Waals surface area contributed by atoms with Crippen molar-refractivity contribution < 1.29 is 0 Å². The fourth-order valence-corrected chi connectivity index (χ4v) is 8.95. The van der Waals surface area contributed by atoms with Crippen LogP contribution in [0.5, 0.6) is 0 Å². The summed E-state index contributed by atoms with van der Waals surface area (Å²) in [5, 5.41) is 1.16. The topological polar surface area (TPSA) is 0 Å². The van der Waals surface area contributed by atoms with Crippen molar-refractivity contribution in [3.8, 4) is 11.3 Å². The third kappa shape index (κ3) is 6.46. The standard InChI is InChI=1S/C18H36P2/c1-15(2,3)19(16(4,5)6)13-14-20(17(7,8)9)18(10,11)12/h1-12H3. The normalized spacial score (nSPS) is 14.5. The number of rotatable bonds is 0. The molecule has 0 amide bonds. The van der Waals surface area contributed by atoms with Gasteiger partial charge < -0.3 is 0 Å². The van der Waals surface area contributed by atoms with E-state index in [-0.39, 0.29) is 36.5 Å². The molecule has 0 aromatic heterocycles. The van der Waals surface area contributed by atoms with Crippen LogP contribution in [0.4, 0.5) is 0 Å². The third-order valence-corrected chi connectivity index (χ3v) is 9.17. The molecule has 118 valence electrons. The van der Waals surface area contributed by atoms with E-state index in [0.717, 1.165) is 0 Å². The van der Waals surface area contributed by atoms with Crippen molar-refractivity contribution in [1.82, 2.24) is 0 Å². The molecule has 0 rings (SSSR count). The Hall–Kier alpha value is 0.420. The molecule has 0 saturated carbocycles. The average molecular weight is 314 g/mol. The zero-order valence-electron chi connectivity index (χ0n) is 15.9. The van der Waals surface area contributed by atoms with Crippen LogP contribution < -0.4 is 0 Å². The molecule has 2 heteroatoms. The average Bonchev–Trinajstić information content (AvgIpc) is 2.02. The lowest BCUT2D eigenvalue weighted by molar-refractivity contribution is 0.713. The second kappa shape index (κ2) is 6.27. The molecule has 0 aliphatic rings. The molecule has 0 aromatic carbocycles. The minimum absolute atomic E-state index is 0.289. The van der Waals surface area contributed by atoms with E-state index in [4.69, 9.17) is 0 Å². The van der Waals surface area contributed by atoms with E-state index < -0.39 is 0 Å². The van der Waals surface area contributed by atoms with Crippen LogP contribution in [0.1, 0.15) is 83.1 Å². The van der Waals surface area contributed by atoms with Crippen LogP contribution >= 0.6 is 15.8 Å². The van der Waals surface area contributed by atoms with Gasteiger partial charge in [0.05, 0.1) is 0 Å². The second-order valence-electron chi connectivity index (χ2n) is 9.58. The first-order valence-electron chi connectivity index (χ1n) is 7.59. The van der Waals surface area contributed by atoms with Gasteiger partial charge in [0.2, 0.25) is 0 Å². The van der Waals surface area contributed by atoms with E-state index >= 15 is 0 Å². The summed E-state index contributed by atoms with van der Waals surface area (Å²) in [6, 6.07) is 0. The van der Waals surface area contributed by atoms with Crippen LogP contribution in [0.25, 0.3) is 0 Å². The molecular weight excluding hydrogens is 278 g/mol. The Morgan fingerprint density at radius 2 is 0.550 bits per heavy atom. The van der Waals surface area contributed by atoms with E-state index in [2.05, 4.69) is 94.4 Å². The zero-order chi connectivity index (χ0) is 16.6. The first-order chi connectivity index (χ1) is 8.47. The molecule has 0 bridgehead atoms. The predicted molar refractivity (Wildman–Crippen MR) is 101 cm³/mol. The van der Waals surface area contributed by atoms with Gasteiger partial charge in [0.15, 0.2) is 0 Å². The minimum Gasteiger partial charge on any atom is -0.0709 e. The van der Waals surface area contributed by atoms with Gasteiger partial charge in [-0.15, -0.1) is 0 Å². The molecule has 0 aliphatic carbocycles. The molecule has 20 heavy (non-hydrogen) atoms. The van der Waals surface area contributed by atoms with E-state index in [0.29, 0.717) is 0 Å². The predicted octanol–water partition coefficient (Wildman–Crippen LogP) is 7.06. The summed E-state index contributed by atoms with van der Waals surface area (Å²) < 4.78 is 0. The summed E-state index contributed by atoms with van der Waals surface area (Å²) in [5.41, 5.74) is 7.51. The van der Waals surface area contributed by atoms with Gasteiger partial charge in [-0.1, -0.05) is 94.4 Å². The molecule has 0 N–H and O–H groups in total. The highest BCUT2D eigenvalue weighted by atomic mass is 31.1. The summed E-state index contributed by atoms with van der Waals surface area (Å²) in [5.74, 6) is 0. The van der Waals surface area contributed by atoms with Gasteiger partial charge in [-0.2, -0.15) is 0 Å². The molecular formula is C18H36P2. The first kappa shape index (κ1) is 20.4. The molecule has 0 radical (unpaired) electrons. The lowest BCUT2D eigenvalue weighted by Gasteiger charge is -2.39. The summed E-state index contributed by atoms with van der Waals surface area (Å²) in [6.07, 6.45) is 0. The van der Waals surface area contributed by atoms with Gasteiger partial charge in [0, 0.05) is 0 Å². The van der Waals surface area contributed by atoms with Crippen LogP contribution in [0.2, 0.25) is 0 Å². The Kier molecular flexibility index (Phi) is 6.40. The first-order valence-corrected chi connectivity index (χ1v) is 10.3. The maximum absolute atomic E-state index is 3.76. The lowest BCUT2D eigenvalue weighted by atomic mass is 10.2. The van der Waals surface area contributed by atoms with Gasteiger partial charge in [-0.3, -0.25) is 0 Å².